The highest BCUT2D eigenvalue weighted by Crippen LogP contribution is 2.24. The molecule has 6 nitrogen and oxygen atoms in total. The summed E-state index contributed by atoms with van der Waals surface area (Å²) in [5, 5.41) is 4.17. The molecule has 1 aromatic carbocycles. The monoisotopic (exact) mass is 334 g/mol. The molecule has 3 aromatic rings. The van der Waals surface area contributed by atoms with Crippen LogP contribution in [0.1, 0.15) is 15.9 Å². The summed E-state index contributed by atoms with van der Waals surface area (Å²) in [5.41, 5.74) is 3.41. The maximum atomic E-state index is 13.0. The van der Waals surface area contributed by atoms with E-state index in [1.807, 2.05) is 43.6 Å². The number of rotatable bonds is 2. The number of para-hydroxylation sites is 1. The molecule has 0 aliphatic carbocycles. The normalized spacial score (nSPS) is 13.7. The number of ether oxygens (including phenoxy) is 1. The van der Waals surface area contributed by atoms with Crippen molar-refractivity contribution in [2.45, 2.75) is 6.54 Å². The van der Waals surface area contributed by atoms with E-state index in [4.69, 9.17) is 4.74 Å². The number of carbonyl (C=O) groups is 1. The van der Waals surface area contributed by atoms with Crippen LogP contribution in [0.15, 0.2) is 55.1 Å². The highest BCUT2D eigenvalue weighted by Gasteiger charge is 2.21. The lowest BCUT2D eigenvalue weighted by atomic mass is 10.1. The maximum absolute atomic E-state index is 13.0. The molecule has 0 N–H and O–H groups in total. The molecule has 6 heteroatoms. The lowest BCUT2D eigenvalue weighted by molar-refractivity contribution is 0.0733. The fourth-order valence-corrected chi connectivity index (χ4v) is 2.97. The number of nitrogens with zero attached hydrogens (tertiary/aromatic N) is 4. The molecule has 1 aliphatic heterocycles. The van der Waals surface area contributed by atoms with Crippen molar-refractivity contribution in [1.29, 1.82) is 0 Å². The average molecular weight is 334 g/mol. The predicted molar refractivity (Wildman–Crippen MR) is 93.1 cm³/mol. The molecule has 2 aromatic heterocycles. The Balaban J connectivity index is 1.61. The minimum absolute atomic E-state index is 0.0430. The molecular formula is C19H18N4O2. The van der Waals surface area contributed by atoms with E-state index < -0.39 is 0 Å². The highest BCUT2D eigenvalue weighted by molar-refractivity contribution is 5.95. The summed E-state index contributed by atoms with van der Waals surface area (Å²) in [5.74, 6) is 0.804. The minimum Gasteiger partial charge on any atom is -0.491 e. The third-order valence-electron chi connectivity index (χ3n) is 4.26. The van der Waals surface area contributed by atoms with Crippen LogP contribution >= 0.6 is 0 Å². The molecule has 0 radical (unpaired) electrons. The summed E-state index contributed by atoms with van der Waals surface area (Å²) in [7, 11) is 1.86. The van der Waals surface area contributed by atoms with Gasteiger partial charge in [0.15, 0.2) is 0 Å². The summed E-state index contributed by atoms with van der Waals surface area (Å²) in [6.07, 6.45) is 7.02. The van der Waals surface area contributed by atoms with Crippen LogP contribution in [-0.4, -0.2) is 38.7 Å². The van der Waals surface area contributed by atoms with Crippen molar-refractivity contribution in [3.05, 3.63) is 66.2 Å². The predicted octanol–water partition coefficient (Wildman–Crippen LogP) is 2.52. The summed E-state index contributed by atoms with van der Waals surface area (Å²) in [4.78, 5) is 19.0. The van der Waals surface area contributed by atoms with E-state index >= 15 is 0 Å². The van der Waals surface area contributed by atoms with Gasteiger partial charge in [-0.15, -0.1) is 0 Å². The lowest BCUT2D eigenvalue weighted by Crippen LogP contribution is -2.32. The Morgan fingerprint density at radius 2 is 2.04 bits per heavy atom. The van der Waals surface area contributed by atoms with Gasteiger partial charge in [-0.25, -0.2) is 0 Å². The zero-order chi connectivity index (χ0) is 17.2. The number of carbonyl (C=O) groups excluding carboxylic acids is 1. The molecule has 0 fully saturated rings. The molecule has 0 unspecified atom stereocenters. The van der Waals surface area contributed by atoms with Crippen LogP contribution in [0.25, 0.3) is 11.1 Å². The van der Waals surface area contributed by atoms with Gasteiger partial charge in [0.05, 0.1) is 18.3 Å². The Morgan fingerprint density at radius 1 is 1.16 bits per heavy atom. The Morgan fingerprint density at radius 3 is 2.88 bits per heavy atom. The van der Waals surface area contributed by atoms with Crippen molar-refractivity contribution in [2.24, 2.45) is 7.05 Å². The van der Waals surface area contributed by atoms with Gasteiger partial charge in [-0.1, -0.05) is 18.2 Å². The minimum atomic E-state index is -0.0430. The molecule has 0 bridgehead atoms. The van der Waals surface area contributed by atoms with Crippen LogP contribution < -0.4 is 4.74 Å². The van der Waals surface area contributed by atoms with E-state index in [1.165, 1.54) is 0 Å². The third kappa shape index (κ3) is 3.10. The first-order valence-corrected chi connectivity index (χ1v) is 8.15. The SMILES string of the molecule is Cn1cc(-c2cncc(C(=O)N3CCOc4ccccc4C3)c2)cn1. The fourth-order valence-electron chi connectivity index (χ4n) is 2.97. The second-order valence-electron chi connectivity index (χ2n) is 6.05. The van der Waals surface area contributed by atoms with E-state index in [0.29, 0.717) is 25.3 Å². The van der Waals surface area contributed by atoms with Gasteiger partial charge >= 0.3 is 0 Å². The number of aryl methyl sites for hydroxylation is 1. The zero-order valence-corrected chi connectivity index (χ0v) is 13.9. The Hall–Kier alpha value is -3.15. The largest absolute Gasteiger partial charge is 0.491 e. The second kappa shape index (κ2) is 6.39. The van der Waals surface area contributed by atoms with E-state index in [1.54, 1.807) is 28.2 Å². The Labute approximate surface area is 145 Å². The smallest absolute Gasteiger partial charge is 0.255 e. The third-order valence-corrected chi connectivity index (χ3v) is 4.26. The standard InChI is InChI=1S/C19H18N4O2/c1-22-12-17(11-21-22)15-8-16(10-20-9-15)19(24)23-6-7-25-18-5-3-2-4-14(18)13-23/h2-5,8-12H,6-7,13H2,1H3. The van der Waals surface area contributed by atoms with Crippen molar-refractivity contribution in [3.63, 3.8) is 0 Å². The van der Waals surface area contributed by atoms with Gasteiger partial charge in [0.2, 0.25) is 0 Å². The molecule has 0 saturated carbocycles. The lowest BCUT2D eigenvalue weighted by Gasteiger charge is -2.20. The quantitative estimate of drug-likeness (QED) is 0.722. The molecule has 0 atom stereocenters. The number of pyridine rings is 1. The topological polar surface area (TPSA) is 60.2 Å². The van der Waals surface area contributed by atoms with E-state index in [2.05, 4.69) is 10.1 Å². The van der Waals surface area contributed by atoms with Crippen LogP contribution in [-0.2, 0) is 13.6 Å². The van der Waals surface area contributed by atoms with Crippen LogP contribution in [0.3, 0.4) is 0 Å². The molecule has 0 spiro atoms. The van der Waals surface area contributed by atoms with Gasteiger partial charge in [-0.05, 0) is 12.1 Å². The zero-order valence-electron chi connectivity index (χ0n) is 13.9. The van der Waals surface area contributed by atoms with Crippen LogP contribution in [0, 0.1) is 0 Å². The van der Waals surface area contributed by atoms with E-state index in [-0.39, 0.29) is 5.91 Å². The van der Waals surface area contributed by atoms with Gasteiger partial charge in [0.25, 0.3) is 5.91 Å². The van der Waals surface area contributed by atoms with Crippen molar-refractivity contribution in [3.8, 4) is 16.9 Å². The van der Waals surface area contributed by atoms with E-state index in [0.717, 1.165) is 22.4 Å². The van der Waals surface area contributed by atoms with E-state index in [9.17, 15) is 4.79 Å². The Kier molecular flexibility index (Phi) is 3.93. The number of fused-ring (bicyclic) bond motifs is 1. The van der Waals surface area contributed by atoms with Crippen LogP contribution in [0.4, 0.5) is 0 Å². The van der Waals surface area contributed by atoms with Gasteiger partial charge < -0.3 is 9.64 Å². The fraction of sp³-hybridized carbons (Fsp3) is 0.211. The van der Waals surface area contributed by atoms with Crippen molar-refractivity contribution >= 4 is 5.91 Å². The van der Waals surface area contributed by atoms with Crippen LogP contribution in [0.2, 0.25) is 0 Å². The van der Waals surface area contributed by atoms with Crippen molar-refractivity contribution in [2.75, 3.05) is 13.2 Å². The molecule has 1 amide bonds. The molecule has 4 rings (SSSR count). The van der Waals surface area contributed by atoms with Gasteiger partial charge in [0.1, 0.15) is 12.4 Å². The maximum Gasteiger partial charge on any atom is 0.255 e. The molecule has 126 valence electrons. The average Bonchev–Trinajstić information content (AvgIpc) is 2.96. The Bertz CT molecular complexity index is 919. The number of hydrogen-bond donors (Lipinski definition) is 0. The highest BCUT2D eigenvalue weighted by atomic mass is 16.5. The summed E-state index contributed by atoms with van der Waals surface area (Å²) >= 11 is 0. The van der Waals surface area contributed by atoms with Gasteiger partial charge in [-0.2, -0.15) is 5.10 Å². The van der Waals surface area contributed by atoms with Gasteiger partial charge in [0, 0.05) is 48.9 Å². The summed E-state index contributed by atoms with van der Waals surface area (Å²) in [6, 6.07) is 9.70. The number of aromatic nitrogens is 3. The first kappa shape index (κ1) is 15.4. The molecule has 1 aliphatic rings. The molecule has 25 heavy (non-hydrogen) atoms. The van der Waals surface area contributed by atoms with Crippen molar-refractivity contribution in [1.82, 2.24) is 19.7 Å². The number of hydrogen-bond acceptors (Lipinski definition) is 4. The first-order chi connectivity index (χ1) is 12.2. The summed E-state index contributed by atoms with van der Waals surface area (Å²) < 4.78 is 7.47. The molecule has 0 saturated heterocycles. The number of benzene rings is 1. The summed E-state index contributed by atoms with van der Waals surface area (Å²) in [6.45, 7) is 1.56. The van der Waals surface area contributed by atoms with Crippen LogP contribution in [0.5, 0.6) is 5.75 Å². The first-order valence-electron chi connectivity index (χ1n) is 8.15. The number of amides is 1. The van der Waals surface area contributed by atoms with Gasteiger partial charge in [-0.3, -0.25) is 14.5 Å². The second-order valence-corrected chi connectivity index (χ2v) is 6.05. The van der Waals surface area contributed by atoms with Crippen molar-refractivity contribution < 1.29 is 9.53 Å². The molecule has 3 heterocycles. The molecular weight excluding hydrogens is 316 g/mol.